The number of ether oxygens (including phenoxy) is 1. The van der Waals surface area contributed by atoms with Crippen molar-refractivity contribution in [3.8, 4) is 0 Å². The molecule has 0 amide bonds. The average Bonchev–Trinajstić information content (AvgIpc) is 2.59. The minimum absolute atomic E-state index is 0.331. The Bertz CT molecular complexity index is 309. The van der Waals surface area contributed by atoms with E-state index in [-0.39, 0.29) is 0 Å². The highest BCUT2D eigenvalue weighted by Crippen LogP contribution is 2.12. The monoisotopic (exact) mass is 225 g/mol. The van der Waals surface area contributed by atoms with E-state index in [1.54, 1.807) is 7.11 Å². The molecule has 1 heterocycles. The molecule has 0 bridgehead atoms. The Morgan fingerprint density at radius 2 is 2.25 bits per heavy atom. The molecular formula is C12H23N3O. The van der Waals surface area contributed by atoms with Crippen molar-refractivity contribution in [1.82, 2.24) is 14.9 Å². The molecule has 0 aliphatic heterocycles. The lowest BCUT2D eigenvalue weighted by molar-refractivity contribution is 0.153. The molecule has 92 valence electrons. The van der Waals surface area contributed by atoms with Crippen molar-refractivity contribution in [2.45, 2.75) is 33.2 Å². The molecule has 0 saturated carbocycles. The van der Waals surface area contributed by atoms with E-state index < -0.39 is 0 Å². The highest BCUT2D eigenvalue weighted by Gasteiger charge is 2.13. The van der Waals surface area contributed by atoms with E-state index in [0.717, 1.165) is 25.2 Å². The van der Waals surface area contributed by atoms with Gasteiger partial charge in [-0.25, -0.2) is 4.98 Å². The number of methoxy groups -OCH3 is 1. The van der Waals surface area contributed by atoms with Gasteiger partial charge in [0, 0.05) is 19.3 Å². The van der Waals surface area contributed by atoms with Gasteiger partial charge in [-0.05, 0) is 26.8 Å². The first kappa shape index (κ1) is 13.2. The third-order valence-corrected chi connectivity index (χ3v) is 2.85. The zero-order valence-corrected chi connectivity index (χ0v) is 10.8. The van der Waals surface area contributed by atoms with Crippen LogP contribution in [-0.4, -0.2) is 36.4 Å². The zero-order valence-electron chi connectivity index (χ0n) is 10.8. The lowest BCUT2D eigenvalue weighted by Gasteiger charge is -2.20. The van der Waals surface area contributed by atoms with Crippen LogP contribution < -0.4 is 5.32 Å². The van der Waals surface area contributed by atoms with Crippen molar-refractivity contribution in [2.75, 3.05) is 26.8 Å². The molecule has 0 aliphatic carbocycles. The normalized spacial score (nSPS) is 13.0. The summed E-state index contributed by atoms with van der Waals surface area (Å²) in [6.45, 7) is 9.00. The summed E-state index contributed by atoms with van der Waals surface area (Å²) >= 11 is 0. The Morgan fingerprint density at radius 1 is 1.50 bits per heavy atom. The van der Waals surface area contributed by atoms with E-state index in [9.17, 15) is 0 Å². The highest BCUT2D eigenvalue weighted by atomic mass is 16.5. The summed E-state index contributed by atoms with van der Waals surface area (Å²) in [5, 5.41) is 3.43. The summed E-state index contributed by atoms with van der Waals surface area (Å²) < 4.78 is 7.46. The van der Waals surface area contributed by atoms with Crippen molar-refractivity contribution in [2.24, 2.45) is 0 Å². The van der Waals surface area contributed by atoms with Crippen LogP contribution in [0.15, 0.2) is 6.33 Å². The number of hydrogen-bond donors (Lipinski definition) is 1. The molecule has 0 aromatic carbocycles. The predicted molar refractivity (Wildman–Crippen MR) is 65.8 cm³/mol. The van der Waals surface area contributed by atoms with Crippen LogP contribution in [0.25, 0.3) is 0 Å². The molecule has 0 saturated heterocycles. The molecule has 16 heavy (non-hydrogen) atoms. The van der Waals surface area contributed by atoms with Gasteiger partial charge in [0.25, 0.3) is 0 Å². The van der Waals surface area contributed by atoms with E-state index in [1.807, 2.05) is 13.3 Å². The Morgan fingerprint density at radius 3 is 2.75 bits per heavy atom. The van der Waals surface area contributed by atoms with Gasteiger partial charge in [0.15, 0.2) is 0 Å². The summed E-state index contributed by atoms with van der Waals surface area (Å²) in [5.74, 6) is 0. The van der Waals surface area contributed by atoms with Gasteiger partial charge in [-0.2, -0.15) is 0 Å². The minimum atomic E-state index is 0.331. The summed E-state index contributed by atoms with van der Waals surface area (Å²) in [7, 11) is 1.74. The lowest BCUT2D eigenvalue weighted by Crippen LogP contribution is -2.29. The third-order valence-electron chi connectivity index (χ3n) is 2.85. The first-order valence-corrected chi connectivity index (χ1v) is 5.90. The molecule has 4 nitrogen and oxygen atoms in total. The van der Waals surface area contributed by atoms with Crippen molar-refractivity contribution < 1.29 is 4.74 Å². The van der Waals surface area contributed by atoms with E-state index in [2.05, 4.69) is 28.7 Å². The van der Waals surface area contributed by atoms with Crippen molar-refractivity contribution in [3.63, 3.8) is 0 Å². The maximum atomic E-state index is 5.26. The molecule has 0 radical (unpaired) electrons. The molecule has 4 heteroatoms. The maximum absolute atomic E-state index is 5.26. The van der Waals surface area contributed by atoms with Gasteiger partial charge in [-0.1, -0.05) is 6.92 Å². The highest BCUT2D eigenvalue weighted by molar-refractivity contribution is 5.09. The Balaban J connectivity index is 2.65. The quantitative estimate of drug-likeness (QED) is 0.718. The predicted octanol–water partition coefficient (Wildman–Crippen LogP) is 1.69. The van der Waals surface area contributed by atoms with Crippen LogP contribution in [0, 0.1) is 13.8 Å². The summed E-state index contributed by atoms with van der Waals surface area (Å²) in [5.41, 5.74) is 2.32. The number of imidazole rings is 1. The molecule has 0 spiro atoms. The van der Waals surface area contributed by atoms with E-state index in [1.165, 1.54) is 5.69 Å². The van der Waals surface area contributed by atoms with E-state index in [4.69, 9.17) is 4.74 Å². The average molecular weight is 225 g/mol. The van der Waals surface area contributed by atoms with E-state index >= 15 is 0 Å². The maximum Gasteiger partial charge on any atom is 0.0955 e. The van der Waals surface area contributed by atoms with Crippen LogP contribution in [0.1, 0.15) is 30.8 Å². The van der Waals surface area contributed by atoms with E-state index in [0.29, 0.717) is 12.6 Å². The number of nitrogens with zero attached hydrogens (tertiary/aromatic N) is 2. The number of nitrogens with one attached hydrogen (secondary N) is 1. The summed E-state index contributed by atoms with van der Waals surface area (Å²) in [6.07, 6.45) is 3.06. The van der Waals surface area contributed by atoms with Crippen molar-refractivity contribution >= 4 is 0 Å². The minimum Gasteiger partial charge on any atom is -0.382 e. The van der Waals surface area contributed by atoms with Gasteiger partial charge < -0.3 is 14.6 Å². The Kier molecular flexibility index (Phi) is 5.49. The number of aromatic nitrogens is 2. The topological polar surface area (TPSA) is 39.1 Å². The molecule has 1 N–H and O–H groups in total. The zero-order chi connectivity index (χ0) is 12.0. The largest absolute Gasteiger partial charge is 0.382 e. The van der Waals surface area contributed by atoms with Gasteiger partial charge in [0.1, 0.15) is 0 Å². The molecule has 0 fully saturated rings. The molecular weight excluding hydrogens is 202 g/mol. The van der Waals surface area contributed by atoms with Crippen LogP contribution in [0.2, 0.25) is 0 Å². The smallest absolute Gasteiger partial charge is 0.0955 e. The van der Waals surface area contributed by atoms with Crippen LogP contribution >= 0.6 is 0 Å². The second-order valence-corrected chi connectivity index (χ2v) is 4.14. The molecule has 1 rings (SSSR count). The number of aryl methyl sites for hydroxylation is 1. The second-order valence-electron chi connectivity index (χ2n) is 4.14. The van der Waals surface area contributed by atoms with Crippen LogP contribution in [0.4, 0.5) is 0 Å². The first-order chi connectivity index (χ1) is 7.70. The summed E-state index contributed by atoms with van der Waals surface area (Å²) in [6, 6.07) is 0.331. The lowest BCUT2D eigenvalue weighted by atomic mass is 10.2. The standard InChI is InChI=1S/C12H23N3O/c1-5-6-13-7-12(8-16-4)15-9-14-10(2)11(15)3/h9,12-13H,5-8H2,1-4H3. The Hall–Kier alpha value is -0.870. The van der Waals surface area contributed by atoms with Crippen LogP contribution in [0.3, 0.4) is 0 Å². The SMILES string of the molecule is CCCNCC(COC)n1cnc(C)c1C. The van der Waals surface area contributed by atoms with Crippen molar-refractivity contribution in [3.05, 3.63) is 17.7 Å². The van der Waals surface area contributed by atoms with Crippen molar-refractivity contribution in [1.29, 1.82) is 0 Å². The third kappa shape index (κ3) is 3.32. The molecule has 0 aliphatic rings. The fourth-order valence-electron chi connectivity index (χ4n) is 1.76. The number of rotatable bonds is 7. The molecule has 1 aromatic heterocycles. The molecule has 1 atom stereocenters. The van der Waals surface area contributed by atoms with Crippen LogP contribution in [0.5, 0.6) is 0 Å². The Labute approximate surface area is 98.0 Å². The van der Waals surface area contributed by atoms with Gasteiger partial charge in [0.05, 0.1) is 24.7 Å². The van der Waals surface area contributed by atoms with Gasteiger partial charge in [-0.3, -0.25) is 0 Å². The molecule has 1 unspecified atom stereocenters. The fourth-order valence-corrected chi connectivity index (χ4v) is 1.76. The molecule has 1 aromatic rings. The fraction of sp³-hybridized carbons (Fsp3) is 0.750. The van der Waals surface area contributed by atoms with Gasteiger partial charge >= 0.3 is 0 Å². The van der Waals surface area contributed by atoms with Gasteiger partial charge in [0.2, 0.25) is 0 Å². The van der Waals surface area contributed by atoms with Gasteiger partial charge in [-0.15, -0.1) is 0 Å². The number of hydrogen-bond acceptors (Lipinski definition) is 3. The second kappa shape index (κ2) is 6.66. The summed E-state index contributed by atoms with van der Waals surface area (Å²) in [4.78, 5) is 4.33. The first-order valence-electron chi connectivity index (χ1n) is 5.90. The van der Waals surface area contributed by atoms with Crippen LogP contribution in [-0.2, 0) is 4.74 Å².